The van der Waals surface area contributed by atoms with Crippen molar-refractivity contribution < 1.29 is 13.4 Å². The van der Waals surface area contributed by atoms with Crippen LogP contribution >= 0.6 is 0 Å². The molecule has 1 N–H and O–H groups in total. The third kappa shape index (κ3) is 4.17. The van der Waals surface area contributed by atoms with Gasteiger partial charge in [-0.05, 0) is 76.4 Å². The summed E-state index contributed by atoms with van der Waals surface area (Å²) < 4.78 is 35.5. The van der Waals surface area contributed by atoms with Crippen LogP contribution in [0.25, 0.3) is 11.0 Å². The molecule has 5 nitrogen and oxygen atoms in total. The zero-order valence-corrected chi connectivity index (χ0v) is 20.2. The number of fused-ring (bicyclic) bond motifs is 2. The fraction of sp³-hybridized carbons (Fsp3) is 0.400. The Bertz CT molecular complexity index is 1250. The molecule has 0 saturated heterocycles. The highest BCUT2D eigenvalue weighted by molar-refractivity contribution is 7.90. The lowest BCUT2D eigenvalue weighted by molar-refractivity contribution is 0.527. The number of hydrogen-bond donors (Lipinski definition) is 1. The molecule has 2 atom stereocenters. The van der Waals surface area contributed by atoms with Crippen LogP contribution in [0.5, 0.6) is 0 Å². The maximum Gasteiger partial charge on any atom is 0.203 e. The van der Waals surface area contributed by atoms with E-state index in [4.69, 9.17) is 4.42 Å². The molecule has 2 aromatic carbocycles. The van der Waals surface area contributed by atoms with Crippen molar-refractivity contribution in [3.05, 3.63) is 74.2 Å². The van der Waals surface area contributed by atoms with E-state index in [-0.39, 0.29) is 17.3 Å². The summed E-state index contributed by atoms with van der Waals surface area (Å²) in [5.41, 5.74) is 4.58. The molecule has 0 radical (unpaired) electrons. The quantitative estimate of drug-likeness (QED) is 0.548. The molecule has 1 aromatic heterocycles. The van der Waals surface area contributed by atoms with Gasteiger partial charge in [-0.1, -0.05) is 12.1 Å². The molecule has 32 heavy (non-hydrogen) atoms. The van der Waals surface area contributed by atoms with Crippen molar-refractivity contribution in [3.63, 3.8) is 0 Å². The number of aryl methyl sites for hydroxylation is 1. The lowest BCUT2D eigenvalue weighted by Gasteiger charge is -2.27. The average Bonchev–Trinajstić information content (AvgIpc) is 3.12. The van der Waals surface area contributed by atoms with Crippen molar-refractivity contribution in [2.45, 2.75) is 65.4 Å². The second-order valence-corrected chi connectivity index (χ2v) is 11.6. The van der Waals surface area contributed by atoms with Gasteiger partial charge in [-0.15, -0.1) is 4.72 Å². The molecule has 0 spiro atoms. The van der Waals surface area contributed by atoms with Gasteiger partial charge in [0.1, 0.15) is 16.1 Å². The Morgan fingerprint density at radius 3 is 2.53 bits per heavy atom. The lowest BCUT2D eigenvalue weighted by Crippen LogP contribution is -2.40. The number of benzene rings is 2. The zero-order chi connectivity index (χ0) is 23.4. The minimum Gasteiger partial charge on any atom is -0.598 e. The molecule has 0 fully saturated rings. The molecule has 2 heterocycles. The Morgan fingerprint density at radius 1 is 1.16 bits per heavy atom. The lowest BCUT2D eigenvalue weighted by atomic mass is 10.0. The smallest absolute Gasteiger partial charge is 0.203 e. The van der Waals surface area contributed by atoms with Crippen LogP contribution in [-0.4, -0.2) is 9.30 Å². The van der Waals surface area contributed by atoms with E-state index < -0.39 is 16.1 Å². The van der Waals surface area contributed by atoms with E-state index in [0.717, 1.165) is 22.3 Å². The van der Waals surface area contributed by atoms with E-state index in [1.807, 2.05) is 51.7 Å². The number of hydrogen-bond acceptors (Lipinski definition) is 5. The standard InChI is InChI=1S/C25H29FN2O3S/c1-14-9-20(16(3)27-32(30)25(4,5)6)23-21(10-14)22(29)15(2)24(31-23)28-12-17-7-8-19(26)11-18(17)13-28/h7-11,16,27H,12-13H2,1-6H3/t16-,32-/m0/s1. The summed E-state index contributed by atoms with van der Waals surface area (Å²) in [5.74, 6) is 0.222. The molecule has 0 saturated carbocycles. The molecular formula is C25H29FN2O3S. The fourth-order valence-corrected chi connectivity index (χ4v) is 4.89. The first-order valence-corrected chi connectivity index (χ1v) is 11.9. The van der Waals surface area contributed by atoms with E-state index in [2.05, 4.69) is 4.72 Å². The Morgan fingerprint density at radius 2 is 1.84 bits per heavy atom. The summed E-state index contributed by atoms with van der Waals surface area (Å²) in [5, 5.41) is 0.513. The van der Waals surface area contributed by atoms with E-state index in [0.29, 0.717) is 35.5 Å². The fourth-order valence-electron chi connectivity index (χ4n) is 4.09. The van der Waals surface area contributed by atoms with Gasteiger partial charge < -0.3 is 13.9 Å². The summed E-state index contributed by atoms with van der Waals surface area (Å²) in [6.07, 6.45) is 0. The number of nitrogens with zero attached hydrogens (tertiary/aromatic N) is 1. The summed E-state index contributed by atoms with van der Waals surface area (Å²) in [6.45, 7) is 12.4. The van der Waals surface area contributed by atoms with Crippen LogP contribution in [0.1, 0.15) is 61.6 Å². The van der Waals surface area contributed by atoms with Gasteiger partial charge in [0.25, 0.3) is 0 Å². The zero-order valence-electron chi connectivity index (χ0n) is 19.3. The van der Waals surface area contributed by atoms with Crippen molar-refractivity contribution in [2.75, 3.05) is 4.90 Å². The number of rotatable bonds is 4. The first-order valence-electron chi connectivity index (χ1n) is 10.7. The summed E-state index contributed by atoms with van der Waals surface area (Å²) >= 11 is -1.28. The van der Waals surface area contributed by atoms with Crippen LogP contribution in [0.15, 0.2) is 39.5 Å². The van der Waals surface area contributed by atoms with E-state index in [1.54, 1.807) is 13.0 Å². The second kappa shape index (κ2) is 8.21. The van der Waals surface area contributed by atoms with Gasteiger partial charge in [0, 0.05) is 30.0 Å². The number of halogens is 1. The van der Waals surface area contributed by atoms with Gasteiger partial charge in [-0.25, -0.2) is 4.39 Å². The molecule has 4 rings (SSSR count). The molecule has 7 heteroatoms. The predicted octanol–water partition coefficient (Wildman–Crippen LogP) is 5.18. The molecule has 1 aliphatic rings. The van der Waals surface area contributed by atoms with Crippen molar-refractivity contribution in [2.24, 2.45) is 0 Å². The highest BCUT2D eigenvalue weighted by Gasteiger charge is 2.30. The Labute approximate surface area is 190 Å². The molecule has 0 amide bonds. The van der Waals surface area contributed by atoms with Gasteiger partial charge in [-0.3, -0.25) is 4.79 Å². The monoisotopic (exact) mass is 456 g/mol. The molecule has 3 aromatic rings. The predicted molar refractivity (Wildman–Crippen MR) is 128 cm³/mol. The second-order valence-electron chi connectivity index (χ2n) is 9.58. The van der Waals surface area contributed by atoms with Crippen LogP contribution in [0.2, 0.25) is 0 Å². The first-order chi connectivity index (χ1) is 15.0. The van der Waals surface area contributed by atoms with Crippen LogP contribution in [0, 0.1) is 19.7 Å². The van der Waals surface area contributed by atoms with Crippen molar-refractivity contribution >= 4 is 28.2 Å². The molecule has 0 aliphatic carbocycles. The largest absolute Gasteiger partial charge is 0.598 e. The Hall–Kier alpha value is -2.35. The topological polar surface area (TPSA) is 68.5 Å². The van der Waals surface area contributed by atoms with E-state index >= 15 is 0 Å². The third-order valence-electron chi connectivity index (χ3n) is 5.85. The maximum absolute atomic E-state index is 13.7. The molecular weight excluding hydrogens is 427 g/mol. The minimum absolute atomic E-state index is 0.0857. The van der Waals surface area contributed by atoms with Gasteiger partial charge in [0.05, 0.1) is 17.0 Å². The SMILES string of the molecule is Cc1cc([C@H](C)N[S@@+]([O-])C(C)(C)C)c2oc(N3Cc4ccc(F)cc4C3)c(C)c(=O)c2c1. The van der Waals surface area contributed by atoms with Crippen LogP contribution in [0.4, 0.5) is 10.3 Å². The number of anilines is 1. The van der Waals surface area contributed by atoms with Gasteiger partial charge >= 0.3 is 0 Å². The highest BCUT2D eigenvalue weighted by Crippen LogP contribution is 2.34. The average molecular weight is 457 g/mol. The van der Waals surface area contributed by atoms with Crippen molar-refractivity contribution in [3.8, 4) is 0 Å². The molecule has 1 aliphatic heterocycles. The summed E-state index contributed by atoms with van der Waals surface area (Å²) in [4.78, 5) is 15.3. The molecule has 0 bridgehead atoms. The molecule has 170 valence electrons. The van der Waals surface area contributed by atoms with Crippen LogP contribution in [0.3, 0.4) is 0 Å². The van der Waals surface area contributed by atoms with Crippen LogP contribution < -0.4 is 15.1 Å². The summed E-state index contributed by atoms with van der Waals surface area (Å²) in [7, 11) is 0. The first kappa shape index (κ1) is 22.8. The van der Waals surface area contributed by atoms with Crippen molar-refractivity contribution in [1.29, 1.82) is 0 Å². The maximum atomic E-state index is 13.7. The molecule has 0 unspecified atom stereocenters. The number of nitrogens with one attached hydrogen (secondary N) is 1. The highest BCUT2D eigenvalue weighted by atomic mass is 32.2. The normalized spacial score (nSPS) is 15.8. The van der Waals surface area contributed by atoms with Gasteiger partial charge in [0.15, 0.2) is 5.43 Å². The van der Waals surface area contributed by atoms with Crippen molar-refractivity contribution in [1.82, 2.24) is 4.72 Å². The van der Waals surface area contributed by atoms with E-state index in [1.165, 1.54) is 12.1 Å². The van der Waals surface area contributed by atoms with Crippen LogP contribution in [-0.2, 0) is 24.5 Å². The third-order valence-corrected chi connectivity index (χ3v) is 7.53. The summed E-state index contributed by atoms with van der Waals surface area (Å²) in [6, 6.07) is 8.28. The van der Waals surface area contributed by atoms with E-state index in [9.17, 15) is 13.7 Å². The minimum atomic E-state index is -1.28. The van der Waals surface area contributed by atoms with Gasteiger partial charge in [0.2, 0.25) is 5.88 Å². The van der Waals surface area contributed by atoms with Gasteiger partial charge in [-0.2, -0.15) is 0 Å². The Kier molecular flexibility index (Phi) is 5.86. The Balaban J connectivity index is 1.80.